The lowest BCUT2D eigenvalue weighted by molar-refractivity contribution is -0.0498. The van der Waals surface area contributed by atoms with Crippen molar-refractivity contribution in [1.82, 2.24) is 10.6 Å². The molecule has 1 aliphatic heterocycles. The van der Waals surface area contributed by atoms with Crippen molar-refractivity contribution >= 4 is 29.9 Å². The Kier molecular flexibility index (Phi) is 11.8. The van der Waals surface area contributed by atoms with Crippen LogP contribution in [-0.2, 0) is 4.74 Å². The van der Waals surface area contributed by atoms with E-state index in [1.165, 1.54) is 17.7 Å². The van der Waals surface area contributed by atoms with Gasteiger partial charge in [0, 0.05) is 25.6 Å². The van der Waals surface area contributed by atoms with Gasteiger partial charge in [0.25, 0.3) is 0 Å². The van der Waals surface area contributed by atoms with Crippen LogP contribution in [0.4, 0.5) is 8.78 Å². The summed E-state index contributed by atoms with van der Waals surface area (Å²) in [6, 6.07) is 16.2. The molecule has 0 spiro atoms. The van der Waals surface area contributed by atoms with E-state index in [2.05, 4.69) is 32.5 Å². The zero-order chi connectivity index (χ0) is 22.8. The number of halogens is 3. The first-order chi connectivity index (χ1) is 15.6. The first kappa shape index (κ1) is 27.3. The molecule has 1 heterocycles. The molecule has 33 heavy (non-hydrogen) atoms. The largest absolute Gasteiger partial charge is 0.435 e. The van der Waals surface area contributed by atoms with Crippen LogP contribution in [-0.4, -0.2) is 43.9 Å². The standard InChI is InChI=1S/C24H31F2N3O3.HI/c1-2-27-24(29-16-21(30)17-10-12-20(13-11-17)32-23(25)26)28-15-19-9-6-14-31-22(19)18-7-4-3-5-8-18;/h3-5,7-8,10-13,19,21-23,30H,2,6,9,14-16H2,1H3,(H2,27,28,29);1H. The fourth-order valence-electron chi connectivity index (χ4n) is 3.79. The highest BCUT2D eigenvalue weighted by atomic mass is 127. The third-order valence-corrected chi connectivity index (χ3v) is 5.36. The monoisotopic (exact) mass is 575 g/mol. The summed E-state index contributed by atoms with van der Waals surface area (Å²) in [5.74, 6) is 0.973. The van der Waals surface area contributed by atoms with Gasteiger partial charge in [0.15, 0.2) is 5.96 Å². The fourth-order valence-corrected chi connectivity index (χ4v) is 3.79. The van der Waals surface area contributed by atoms with E-state index in [4.69, 9.17) is 4.74 Å². The summed E-state index contributed by atoms with van der Waals surface area (Å²) in [4.78, 5) is 4.50. The molecule has 6 nitrogen and oxygen atoms in total. The molecule has 9 heteroatoms. The van der Waals surface area contributed by atoms with Crippen molar-refractivity contribution in [3.05, 3.63) is 65.7 Å². The summed E-state index contributed by atoms with van der Waals surface area (Å²) in [5, 5.41) is 17.0. The van der Waals surface area contributed by atoms with Crippen LogP contribution in [0, 0.1) is 5.92 Å². The van der Waals surface area contributed by atoms with Gasteiger partial charge in [-0.25, -0.2) is 0 Å². The Morgan fingerprint density at radius 2 is 1.88 bits per heavy atom. The molecular weight excluding hydrogens is 543 g/mol. The van der Waals surface area contributed by atoms with E-state index in [1.54, 1.807) is 12.1 Å². The minimum atomic E-state index is -2.87. The molecule has 0 aromatic heterocycles. The summed E-state index contributed by atoms with van der Waals surface area (Å²) >= 11 is 0. The molecular formula is C24H32F2IN3O3. The highest BCUT2D eigenvalue weighted by Gasteiger charge is 2.27. The van der Waals surface area contributed by atoms with Crippen molar-refractivity contribution in [1.29, 1.82) is 0 Å². The summed E-state index contributed by atoms with van der Waals surface area (Å²) in [5.41, 5.74) is 1.76. The van der Waals surface area contributed by atoms with Crippen LogP contribution in [0.2, 0.25) is 0 Å². The van der Waals surface area contributed by atoms with Crippen LogP contribution in [0.15, 0.2) is 59.6 Å². The van der Waals surface area contributed by atoms with Gasteiger partial charge in [-0.2, -0.15) is 8.78 Å². The van der Waals surface area contributed by atoms with Gasteiger partial charge in [-0.3, -0.25) is 4.99 Å². The summed E-state index contributed by atoms with van der Waals surface area (Å²) in [6.07, 6.45) is 1.26. The van der Waals surface area contributed by atoms with E-state index in [-0.39, 0.29) is 42.4 Å². The van der Waals surface area contributed by atoms with Crippen molar-refractivity contribution in [3.8, 4) is 5.75 Å². The Bertz CT molecular complexity index is 841. The highest BCUT2D eigenvalue weighted by Crippen LogP contribution is 2.33. The SMILES string of the molecule is CCNC(=NCC(O)c1ccc(OC(F)F)cc1)NCC1CCCOC1c1ccccc1.I. The molecule has 3 rings (SSSR count). The average molecular weight is 575 g/mol. The Morgan fingerprint density at radius 1 is 1.15 bits per heavy atom. The van der Waals surface area contributed by atoms with Crippen molar-refractivity contribution in [2.75, 3.05) is 26.2 Å². The second-order valence-electron chi connectivity index (χ2n) is 7.67. The van der Waals surface area contributed by atoms with Crippen molar-refractivity contribution < 1.29 is 23.4 Å². The second kappa shape index (κ2) is 14.3. The van der Waals surface area contributed by atoms with E-state index in [9.17, 15) is 13.9 Å². The Labute approximate surface area is 210 Å². The van der Waals surface area contributed by atoms with Crippen molar-refractivity contribution in [2.45, 2.75) is 38.6 Å². The van der Waals surface area contributed by atoms with Crippen molar-refractivity contribution in [2.24, 2.45) is 10.9 Å². The van der Waals surface area contributed by atoms with Gasteiger partial charge >= 0.3 is 6.61 Å². The maximum Gasteiger partial charge on any atom is 0.387 e. The zero-order valence-corrected chi connectivity index (χ0v) is 21.0. The lowest BCUT2D eigenvalue weighted by Gasteiger charge is -2.32. The molecule has 0 amide bonds. The molecule has 0 radical (unpaired) electrons. The van der Waals surface area contributed by atoms with Crippen LogP contribution < -0.4 is 15.4 Å². The van der Waals surface area contributed by atoms with E-state index < -0.39 is 12.7 Å². The van der Waals surface area contributed by atoms with Gasteiger partial charge in [0.1, 0.15) is 5.75 Å². The number of alkyl halides is 2. The third-order valence-electron chi connectivity index (χ3n) is 5.36. The van der Waals surface area contributed by atoms with Gasteiger partial charge in [-0.05, 0) is 43.0 Å². The number of aliphatic hydroxyl groups excluding tert-OH is 1. The zero-order valence-electron chi connectivity index (χ0n) is 18.6. The van der Waals surface area contributed by atoms with Gasteiger partial charge in [-0.1, -0.05) is 42.5 Å². The Balaban J connectivity index is 0.00000385. The molecule has 3 unspecified atom stereocenters. The molecule has 3 atom stereocenters. The fraction of sp³-hybridized carbons (Fsp3) is 0.458. The van der Waals surface area contributed by atoms with Crippen LogP contribution in [0.5, 0.6) is 5.75 Å². The van der Waals surface area contributed by atoms with Gasteiger partial charge in [-0.15, -0.1) is 24.0 Å². The Morgan fingerprint density at radius 3 is 2.55 bits per heavy atom. The minimum Gasteiger partial charge on any atom is -0.435 e. The normalized spacial score (nSPS) is 19.5. The smallest absolute Gasteiger partial charge is 0.387 e. The number of hydrogen-bond acceptors (Lipinski definition) is 4. The maximum absolute atomic E-state index is 12.3. The number of hydrogen-bond donors (Lipinski definition) is 3. The molecule has 3 N–H and O–H groups in total. The molecule has 0 bridgehead atoms. The van der Waals surface area contributed by atoms with Gasteiger partial charge < -0.3 is 25.2 Å². The highest BCUT2D eigenvalue weighted by molar-refractivity contribution is 14.0. The molecule has 2 aromatic carbocycles. The van der Waals surface area contributed by atoms with E-state index in [0.29, 0.717) is 30.5 Å². The quantitative estimate of drug-likeness (QED) is 0.231. The molecule has 0 aliphatic carbocycles. The minimum absolute atomic E-state index is 0. The summed E-state index contributed by atoms with van der Waals surface area (Å²) in [6.45, 7) is 1.38. The predicted molar refractivity (Wildman–Crippen MR) is 135 cm³/mol. The predicted octanol–water partition coefficient (Wildman–Crippen LogP) is 4.66. The Hall–Kier alpha value is -1.98. The number of aliphatic imine (C=N–C) groups is 1. The molecule has 0 saturated carbocycles. The third kappa shape index (κ3) is 8.71. The lowest BCUT2D eigenvalue weighted by Crippen LogP contribution is -2.42. The topological polar surface area (TPSA) is 75.1 Å². The number of guanidine groups is 1. The number of benzene rings is 2. The molecule has 1 fully saturated rings. The number of nitrogens with zero attached hydrogens (tertiary/aromatic N) is 1. The number of nitrogens with one attached hydrogen (secondary N) is 2. The molecule has 1 saturated heterocycles. The van der Waals surface area contributed by atoms with Crippen LogP contribution >= 0.6 is 24.0 Å². The summed E-state index contributed by atoms with van der Waals surface area (Å²) < 4.78 is 35.0. The second-order valence-corrected chi connectivity index (χ2v) is 7.67. The first-order valence-electron chi connectivity index (χ1n) is 11.0. The molecule has 1 aliphatic rings. The molecule has 2 aromatic rings. The van der Waals surface area contributed by atoms with Crippen LogP contribution in [0.1, 0.15) is 43.1 Å². The molecule has 182 valence electrons. The van der Waals surface area contributed by atoms with Crippen LogP contribution in [0.3, 0.4) is 0 Å². The number of aliphatic hydroxyl groups is 1. The number of rotatable bonds is 9. The first-order valence-corrected chi connectivity index (χ1v) is 11.0. The van der Waals surface area contributed by atoms with Crippen molar-refractivity contribution in [3.63, 3.8) is 0 Å². The summed E-state index contributed by atoms with van der Waals surface area (Å²) in [7, 11) is 0. The van der Waals surface area contributed by atoms with E-state index in [1.807, 2.05) is 25.1 Å². The maximum atomic E-state index is 12.3. The van der Waals surface area contributed by atoms with E-state index in [0.717, 1.165) is 19.4 Å². The average Bonchev–Trinajstić information content (AvgIpc) is 2.81. The van der Waals surface area contributed by atoms with E-state index >= 15 is 0 Å². The number of ether oxygens (including phenoxy) is 2. The van der Waals surface area contributed by atoms with Gasteiger partial charge in [0.05, 0.1) is 18.8 Å². The van der Waals surface area contributed by atoms with Gasteiger partial charge in [0.2, 0.25) is 0 Å². The van der Waals surface area contributed by atoms with Crippen LogP contribution in [0.25, 0.3) is 0 Å². The lowest BCUT2D eigenvalue weighted by atomic mass is 9.89.